The normalized spacial score (nSPS) is 12.4. The maximum Gasteiger partial charge on any atom is 0.0273 e. The summed E-state index contributed by atoms with van der Waals surface area (Å²) in [5.74, 6) is 0. The summed E-state index contributed by atoms with van der Waals surface area (Å²) in [6.07, 6.45) is 3.60. The van der Waals surface area contributed by atoms with Gasteiger partial charge in [0.15, 0.2) is 0 Å². The predicted octanol–water partition coefficient (Wildman–Crippen LogP) is 2.77. The van der Waals surface area contributed by atoms with Crippen LogP contribution in [0.5, 0.6) is 0 Å². The largest absolute Gasteiger partial charge is 0.324 e. The third kappa shape index (κ3) is 2.05. The third-order valence-electron chi connectivity index (χ3n) is 2.44. The number of hydrogen-bond donors (Lipinski definition) is 1. The molecule has 0 radical (unpaired) electrons. The lowest BCUT2D eigenvalue weighted by atomic mass is 9.97. The lowest BCUT2D eigenvalue weighted by molar-refractivity contribution is 0.820. The van der Waals surface area contributed by atoms with Gasteiger partial charge in [0.2, 0.25) is 0 Å². The van der Waals surface area contributed by atoms with E-state index in [9.17, 15) is 0 Å². The van der Waals surface area contributed by atoms with Crippen LogP contribution in [-0.2, 0) is 0 Å². The highest BCUT2D eigenvalue weighted by Crippen LogP contribution is 2.26. The van der Waals surface area contributed by atoms with Crippen molar-refractivity contribution in [3.05, 3.63) is 54.4 Å². The number of nitrogens with zero attached hydrogens (tertiary/aromatic N) is 1. The van der Waals surface area contributed by atoms with Crippen LogP contribution in [0.25, 0.3) is 11.1 Å². The van der Waals surface area contributed by atoms with Crippen molar-refractivity contribution in [1.82, 2.24) is 4.98 Å². The Labute approximate surface area is 89.8 Å². The lowest BCUT2D eigenvalue weighted by Crippen LogP contribution is -2.06. The van der Waals surface area contributed by atoms with Crippen molar-refractivity contribution in [2.75, 3.05) is 0 Å². The van der Waals surface area contributed by atoms with Crippen LogP contribution in [-0.4, -0.2) is 4.98 Å². The van der Waals surface area contributed by atoms with Gasteiger partial charge in [0.05, 0.1) is 0 Å². The van der Waals surface area contributed by atoms with Crippen LogP contribution < -0.4 is 5.73 Å². The van der Waals surface area contributed by atoms with E-state index in [1.807, 2.05) is 31.2 Å². The number of hydrogen-bond acceptors (Lipinski definition) is 2. The van der Waals surface area contributed by atoms with E-state index in [0.29, 0.717) is 0 Å². The van der Waals surface area contributed by atoms with Gasteiger partial charge in [0.25, 0.3) is 0 Å². The van der Waals surface area contributed by atoms with Crippen LogP contribution in [0.15, 0.2) is 48.8 Å². The van der Waals surface area contributed by atoms with Gasteiger partial charge < -0.3 is 5.73 Å². The highest BCUT2D eigenvalue weighted by Gasteiger charge is 2.06. The van der Waals surface area contributed by atoms with Crippen molar-refractivity contribution in [3.8, 4) is 11.1 Å². The second kappa shape index (κ2) is 4.24. The summed E-state index contributed by atoms with van der Waals surface area (Å²) in [5, 5.41) is 0. The summed E-state index contributed by atoms with van der Waals surface area (Å²) < 4.78 is 0. The van der Waals surface area contributed by atoms with E-state index in [4.69, 9.17) is 5.73 Å². The number of pyridine rings is 1. The van der Waals surface area contributed by atoms with Gasteiger partial charge in [-0.3, -0.25) is 4.98 Å². The fourth-order valence-corrected chi connectivity index (χ4v) is 1.69. The Bertz CT molecular complexity index is 435. The van der Waals surface area contributed by atoms with Gasteiger partial charge in [0, 0.05) is 18.4 Å². The topological polar surface area (TPSA) is 38.9 Å². The average Bonchev–Trinajstić information content (AvgIpc) is 2.30. The molecule has 0 saturated carbocycles. The SMILES string of the molecule is CC(N)c1ccccc1-c1ccncc1. The van der Waals surface area contributed by atoms with E-state index in [0.717, 1.165) is 5.56 Å². The van der Waals surface area contributed by atoms with Crippen molar-refractivity contribution in [1.29, 1.82) is 0 Å². The van der Waals surface area contributed by atoms with E-state index in [2.05, 4.69) is 17.1 Å². The molecule has 15 heavy (non-hydrogen) atoms. The molecule has 2 heteroatoms. The molecular weight excluding hydrogens is 184 g/mol. The molecule has 0 saturated heterocycles. The molecule has 1 heterocycles. The molecule has 0 aliphatic rings. The smallest absolute Gasteiger partial charge is 0.0273 e. The molecule has 0 fully saturated rings. The number of nitrogens with two attached hydrogens (primary N) is 1. The van der Waals surface area contributed by atoms with Crippen molar-refractivity contribution >= 4 is 0 Å². The Morgan fingerprint density at radius 1 is 1.07 bits per heavy atom. The summed E-state index contributed by atoms with van der Waals surface area (Å²) in [6.45, 7) is 2.00. The van der Waals surface area contributed by atoms with Crippen molar-refractivity contribution < 1.29 is 0 Å². The molecule has 1 aromatic heterocycles. The molecule has 2 rings (SSSR count). The van der Waals surface area contributed by atoms with Crippen LogP contribution in [0.1, 0.15) is 18.5 Å². The van der Waals surface area contributed by atoms with Crippen molar-refractivity contribution in [2.45, 2.75) is 13.0 Å². The van der Waals surface area contributed by atoms with E-state index in [1.54, 1.807) is 12.4 Å². The van der Waals surface area contributed by atoms with E-state index < -0.39 is 0 Å². The molecule has 1 unspecified atom stereocenters. The fourth-order valence-electron chi connectivity index (χ4n) is 1.69. The van der Waals surface area contributed by atoms with Crippen LogP contribution in [0.4, 0.5) is 0 Å². The fraction of sp³-hybridized carbons (Fsp3) is 0.154. The zero-order chi connectivity index (χ0) is 10.7. The second-order valence-corrected chi connectivity index (χ2v) is 3.61. The zero-order valence-electron chi connectivity index (χ0n) is 8.72. The van der Waals surface area contributed by atoms with Gasteiger partial charge in [0.1, 0.15) is 0 Å². The standard InChI is InChI=1S/C13H14N2/c1-10(14)12-4-2-3-5-13(12)11-6-8-15-9-7-11/h2-10H,14H2,1H3. The van der Waals surface area contributed by atoms with Gasteiger partial charge in [-0.2, -0.15) is 0 Å². The first kappa shape index (κ1) is 9.87. The van der Waals surface area contributed by atoms with E-state index >= 15 is 0 Å². The quantitative estimate of drug-likeness (QED) is 0.805. The molecule has 2 aromatic rings. The molecule has 76 valence electrons. The van der Waals surface area contributed by atoms with Gasteiger partial charge in [-0.1, -0.05) is 24.3 Å². The Hall–Kier alpha value is -1.67. The van der Waals surface area contributed by atoms with E-state index in [-0.39, 0.29) is 6.04 Å². The molecule has 0 aliphatic carbocycles. The number of benzene rings is 1. The van der Waals surface area contributed by atoms with Crippen LogP contribution >= 0.6 is 0 Å². The van der Waals surface area contributed by atoms with Crippen LogP contribution in [0.2, 0.25) is 0 Å². The summed E-state index contributed by atoms with van der Waals surface area (Å²) in [7, 11) is 0. The minimum absolute atomic E-state index is 0.0503. The summed E-state index contributed by atoms with van der Waals surface area (Å²) in [4.78, 5) is 4.01. The number of aromatic nitrogens is 1. The minimum atomic E-state index is 0.0503. The Morgan fingerprint density at radius 3 is 2.40 bits per heavy atom. The Balaban J connectivity index is 2.53. The van der Waals surface area contributed by atoms with Gasteiger partial charge in [-0.05, 0) is 35.7 Å². The molecule has 0 aliphatic heterocycles. The maximum atomic E-state index is 5.94. The first-order valence-electron chi connectivity index (χ1n) is 5.04. The monoisotopic (exact) mass is 198 g/mol. The average molecular weight is 198 g/mol. The molecule has 0 spiro atoms. The molecule has 2 N–H and O–H groups in total. The van der Waals surface area contributed by atoms with Gasteiger partial charge >= 0.3 is 0 Å². The Kier molecular flexibility index (Phi) is 2.79. The first-order chi connectivity index (χ1) is 7.29. The first-order valence-corrected chi connectivity index (χ1v) is 5.04. The highest BCUT2D eigenvalue weighted by molar-refractivity contribution is 5.67. The third-order valence-corrected chi connectivity index (χ3v) is 2.44. The predicted molar refractivity (Wildman–Crippen MR) is 62.3 cm³/mol. The number of rotatable bonds is 2. The summed E-state index contributed by atoms with van der Waals surface area (Å²) in [6, 6.07) is 12.3. The summed E-state index contributed by atoms with van der Waals surface area (Å²) in [5.41, 5.74) is 9.46. The molecule has 2 nitrogen and oxygen atoms in total. The van der Waals surface area contributed by atoms with Gasteiger partial charge in [-0.25, -0.2) is 0 Å². The summed E-state index contributed by atoms with van der Waals surface area (Å²) >= 11 is 0. The molecule has 0 bridgehead atoms. The molecular formula is C13H14N2. The second-order valence-electron chi connectivity index (χ2n) is 3.61. The highest BCUT2D eigenvalue weighted by atomic mass is 14.6. The maximum absolute atomic E-state index is 5.94. The molecule has 1 atom stereocenters. The lowest BCUT2D eigenvalue weighted by Gasteiger charge is -2.12. The van der Waals surface area contributed by atoms with Crippen LogP contribution in [0.3, 0.4) is 0 Å². The minimum Gasteiger partial charge on any atom is -0.324 e. The van der Waals surface area contributed by atoms with Crippen molar-refractivity contribution in [3.63, 3.8) is 0 Å². The zero-order valence-corrected chi connectivity index (χ0v) is 8.72. The Morgan fingerprint density at radius 2 is 1.73 bits per heavy atom. The van der Waals surface area contributed by atoms with Crippen LogP contribution in [0, 0.1) is 0 Å². The molecule has 1 aromatic carbocycles. The van der Waals surface area contributed by atoms with E-state index in [1.165, 1.54) is 11.1 Å². The van der Waals surface area contributed by atoms with Crippen molar-refractivity contribution in [2.24, 2.45) is 5.73 Å². The van der Waals surface area contributed by atoms with Gasteiger partial charge in [-0.15, -0.1) is 0 Å². The molecule has 0 amide bonds.